The van der Waals surface area contributed by atoms with Crippen molar-refractivity contribution in [2.45, 2.75) is 24.5 Å². The monoisotopic (exact) mass is 298 g/mol. The van der Waals surface area contributed by atoms with Gasteiger partial charge in [0.05, 0.1) is 0 Å². The molecule has 0 spiro atoms. The van der Waals surface area contributed by atoms with Crippen LogP contribution in [0.1, 0.15) is 12.5 Å². The smallest absolute Gasteiger partial charge is 0.260 e. The van der Waals surface area contributed by atoms with Crippen LogP contribution in [-0.2, 0) is 16.6 Å². The van der Waals surface area contributed by atoms with E-state index in [0.717, 1.165) is 5.56 Å². The molecular formula is C13H22N4O2S. The third kappa shape index (κ3) is 2.85. The van der Waals surface area contributed by atoms with Crippen molar-refractivity contribution < 1.29 is 8.42 Å². The summed E-state index contributed by atoms with van der Waals surface area (Å²) in [6.45, 7) is 3.48. The molecule has 6 nitrogen and oxygen atoms in total. The number of hydrogen-bond acceptors (Lipinski definition) is 5. The fourth-order valence-corrected chi connectivity index (χ4v) is 4.06. The Hall–Kier alpha value is -1.02. The maximum Gasteiger partial charge on any atom is 0.260 e. The Morgan fingerprint density at radius 2 is 2.10 bits per heavy atom. The molecule has 1 aromatic rings. The maximum absolute atomic E-state index is 12.6. The second-order valence-electron chi connectivity index (χ2n) is 5.54. The Bertz CT molecular complexity index is 556. The third-order valence-corrected chi connectivity index (χ3v) is 5.59. The van der Waals surface area contributed by atoms with Gasteiger partial charge in [0.15, 0.2) is 5.03 Å². The number of nitrogens with zero attached hydrogens (tertiary/aromatic N) is 3. The maximum atomic E-state index is 12.6. The Labute approximate surface area is 120 Å². The average Bonchev–Trinajstić information content (AvgIpc) is 2.82. The molecule has 2 heterocycles. The van der Waals surface area contributed by atoms with Crippen LogP contribution in [0.5, 0.6) is 0 Å². The molecule has 2 N–H and O–H groups in total. The summed E-state index contributed by atoms with van der Waals surface area (Å²) in [7, 11) is 0.447. The molecule has 1 aliphatic heterocycles. The fourth-order valence-electron chi connectivity index (χ4n) is 2.59. The Morgan fingerprint density at radius 1 is 1.40 bits per heavy atom. The summed E-state index contributed by atoms with van der Waals surface area (Å²) < 4.78 is 26.6. The van der Waals surface area contributed by atoms with Crippen LogP contribution in [0.2, 0.25) is 0 Å². The van der Waals surface area contributed by atoms with Gasteiger partial charge in [-0.05, 0) is 31.6 Å². The molecule has 0 saturated carbocycles. The number of sulfonamides is 1. The van der Waals surface area contributed by atoms with E-state index in [2.05, 4.69) is 16.8 Å². The lowest BCUT2D eigenvalue weighted by molar-refractivity contribution is 0.263. The molecule has 2 unspecified atom stereocenters. The van der Waals surface area contributed by atoms with Crippen molar-refractivity contribution in [1.29, 1.82) is 0 Å². The minimum Gasteiger partial charge on any atom is -0.326 e. The summed E-state index contributed by atoms with van der Waals surface area (Å²) in [5.74, 6) is 0.308. The van der Waals surface area contributed by atoms with Gasteiger partial charge in [0.25, 0.3) is 10.0 Å². The first kappa shape index (κ1) is 15.4. The van der Waals surface area contributed by atoms with Gasteiger partial charge in [-0.3, -0.25) is 0 Å². The second-order valence-corrected chi connectivity index (χ2v) is 7.42. The number of hydrogen-bond donors (Lipinski definition) is 1. The normalized spacial score (nSPS) is 24.4. The quantitative estimate of drug-likeness (QED) is 0.853. The van der Waals surface area contributed by atoms with Gasteiger partial charge in [-0.1, -0.05) is 13.0 Å². The van der Waals surface area contributed by atoms with Crippen LogP contribution in [0, 0.1) is 5.92 Å². The van der Waals surface area contributed by atoms with Crippen molar-refractivity contribution in [3.05, 3.63) is 23.9 Å². The van der Waals surface area contributed by atoms with Crippen molar-refractivity contribution in [3.8, 4) is 0 Å². The van der Waals surface area contributed by atoms with Crippen molar-refractivity contribution in [2.24, 2.45) is 11.7 Å². The Balaban J connectivity index is 2.22. The van der Waals surface area contributed by atoms with E-state index >= 15 is 0 Å². The van der Waals surface area contributed by atoms with E-state index in [1.165, 1.54) is 16.6 Å². The van der Waals surface area contributed by atoms with Gasteiger partial charge < -0.3 is 10.6 Å². The van der Waals surface area contributed by atoms with Crippen LogP contribution in [-0.4, -0.2) is 55.8 Å². The second kappa shape index (κ2) is 5.77. The molecule has 7 heteroatoms. The van der Waals surface area contributed by atoms with E-state index < -0.39 is 10.0 Å². The molecular weight excluding hydrogens is 276 g/mol. The first-order chi connectivity index (χ1) is 9.36. The summed E-state index contributed by atoms with van der Waals surface area (Å²) in [6, 6.07) is 3.49. The van der Waals surface area contributed by atoms with Crippen LogP contribution in [0.3, 0.4) is 0 Å². The van der Waals surface area contributed by atoms with E-state index in [4.69, 9.17) is 5.73 Å². The third-order valence-electron chi connectivity index (χ3n) is 3.84. The molecule has 0 radical (unpaired) electrons. The van der Waals surface area contributed by atoms with Crippen molar-refractivity contribution in [2.75, 3.05) is 27.2 Å². The van der Waals surface area contributed by atoms with Crippen molar-refractivity contribution in [1.82, 2.24) is 14.2 Å². The van der Waals surface area contributed by atoms with Crippen LogP contribution < -0.4 is 5.73 Å². The zero-order chi connectivity index (χ0) is 14.9. The van der Waals surface area contributed by atoms with Crippen LogP contribution in [0.4, 0.5) is 0 Å². The number of nitrogens with two attached hydrogens (primary N) is 1. The molecule has 1 fully saturated rings. The lowest BCUT2D eigenvalue weighted by Crippen LogP contribution is -2.36. The van der Waals surface area contributed by atoms with Crippen LogP contribution in [0.25, 0.3) is 0 Å². The number of likely N-dealkylation sites (N-methyl/N-ethyl adjacent to an activating group) is 1. The molecule has 1 aliphatic rings. The van der Waals surface area contributed by atoms with E-state index in [9.17, 15) is 8.42 Å². The molecule has 1 saturated heterocycles. The lowest BCUT2D eigenvalue weighted by Gasteiger charge is -2.22. The van der Waals surface area contributed by atoms with E-state index in [-0.39, 0.29) is 11.1 Å². The molecule has 0 amide bonds. The summed E-state index contributed by atoms with van der Waals surface area (Å²) in [5, 5.41) is 0.0984. The average molecular weight is 298 g/mol. The standard InChI is InChI=1S/C13H22N4O2S/c1-10-8-17(9-12(10)16(2)3)20(18,19)13-5-4-11(6-14)7-15-13/h4-5,7,10,12H,6,8-9,14H2,1-3H3. The molecule has 20 heavy (non-hydrogen) atoms. The molecule has 0 aromatic carbocycles. The highest BCUT2D eigenvalue weighted by Crippen LogP contribution is 2.25. The Kier molecular flexibility index (Phi) is 4.43. The predicted octanol–water partition coefficient (Wildman–Crippen LogP) is 0.111. The number of aromatic nitrogens is 1. The first-order valence-corrected chi connectivity index (χ1v) is 8.12. The van der Waals surface area contributed by atoms with E-state index in [1.807, 2.05) is 14.1 Å². The molecule has 2 atom stereocenters. The molecule has 0 aliphatic carbocycles. The minimum atomic E-state index is -3.51. The fraction of sp³-hybridized carbons (Fsp3) is 0.615. The zero-order valence-electron chi connectivity index (χ0n) is 12.2. The number of rotatable bonds is 4. The van der Waals surface area contributed by atoms with E-state index in [1.54, 1.807) is 6.07 Å². The summed E-state index contributed by atoms with van der Waals surface area (Å²) in [6.07, 6.45) is 1.52. The largest absolute Gasteiger partial charge is 0.326 e. The van der Waals surface area contributed by atoms with Crippen molar-refractivity contribution >= 4 is 10.0 Å². The van der Waals surface area contributed by atoms with Gasteiger partial charge in [-0.15, -0.1) is 0 Å². The summed E-state index contributed by atoms with van der Waals surface area (Å²) in [4.78, 5) is 6.11. The van der Waals surface area contributed by atoms with Crippen LogP contribution in [0.15, 0.2) is 23.4 Å². The molecule has 1 aromatic heterocycles. The zero-order valence-corrected chi connectivity index (χ0v) is 13.0. The van der Waals surface area contributed by atoms with Gasteiger partial charge in [0.1, 0.15) is 0 Å². The first-order valence-electron chi connectivity index (χ1n) is 6.68. The number of pyridine rings is 1. The van der Waals surface area contributed by atoms with Gasteiger partial charge >= 0.3 is 0 Å². The summed E-state index contributed by atoms with van der Waals surface area (Å²) in [5.41, 5.74) is 6.32. The van der Waals surface area contributed by atoms with Gasteiger partial charge in [0, 0.05) is 31.9 Å². The highest BCUT2D eigenvalue weighted by atomic mass is 32.2. The minimum absolute atomic E-state index is 0.0984. The molecule has 112 valence electrons. The van der Waals surface area contributed by atoms with Gasteiger partial charge in [-0.2, -0.15) is 4.31 Å². The van der Waals surface area contributed by atoms with Gasteiger partial charge in [-0.25, -0.2) is 13.4 Å². The summed E-state index contributed by atoms with van der Waals surface area (Å²) >= 11 is 0. The van der Waals surface area contributed by atoms with Crippen molar-refractivity contribution in [3.63, 3.8) is 0 Å². The highest BCUT2D eigenvalue weighted by molar-refractivity contribution is 7.89. The predicted molar refractivity (Wildman–Crippen MR) is 77.5 cm³/mol. The van der Waals surface area contributed by atoms with E-state index in [0.29, 0.717) is 25.6 Å². The molecule has 0 bridgehead atoms. The van der Waals surface area contributed by atoms with Gasteiger partial charge in [0.2, 0.25) is 0 Å². The Morgan fingerprint density at radius 3 is 2.55 bits per heavy atom. The highest BCUT2D eigenvalue weighted by Gasteiger charge is 2.38. The van der Waals surface area contributed by atoms with Crippen LogP contribution >= 0.6 is 0 Å². The topological polar surface area (TPSA) is 79.5 Å². The molecule has 2 rings (SSSR count). The lowest BCUT2D eigenvalue weighted by atomic mass is 10.1. The SMILES string of the molecule is CC1CN(S(=O)(=O)c2ccc(CN)cn2)CC1N(C)C.